The minimum Gasteiger partial charge on any atom is -0.277 e. The predicted octanol–water partition coefficient (Wildman–Crippen LogP) is 16.2. The molecule has 66 heavy (non-hydrogen) atoms. The molecule has 13 aromatic rings. The lowest BCUT2D eigenvalue weighted by molar-refractivity contribution is 0.0650. The molecule has 0 atom stereocenters. The molecule has 2 aliphatic rings. The summed E-state index contributed by atoms with van der Waals surface area (Å²) < 4.78 is 0. The number of nitrogens with zero attached hydrogens (tertiary/aromatic N) is 1. The van der Waals surface area contributed by atoms with Crippen molar-refractivity contribution in [1.29, 1.82) is 0 Å². The second-order valence-corrected chi connectivity index (χ2v) is 18.1. The standard InChI is InChI=1S/C63H35NO2/c1-64-62(65)48-32-28-44-40-24-22-38-42-26-30-46-58-47(31-27-43(56(42)58)39-23-25-41(55(40)54(38)39)45-29-33-49(63(64)66)59(48)57(44)45)61-53(37-20-12-5-13-21-37)51(35-16-8-3-9-17-35)50(34-14-6-2-7-15-34)52(60(46)61)36-18-10-4-11-19-36/h2-33H,1H3. The number of fused-ring (bicyclic) bond motifs is 7. The van der Waals surface area contributed by atoms with Gasteiger partial charge in [0.2, 0.25) is 0 Å². The lowest BCUT2D eigenvalue weighted by Crippen LogP contribution is -2.36. The molecule has 2 amide bonds. The Morgan fingerprint density at radius 2 is 0.470 bits per heavy atom. The molecule has 0 unspecified atom stereocenters. The summed E-state index contributed by atoms with van der Waals surface area (Å²) in [5.41, 5.74) is 15.9. The number of imide groups is 1. The van der Waals surface area contributed by atoms with Crippen molar-refractivity contribution in [3.05, 3.63) is 205 Å². The molecule has 304 valence electrons. The summed E-state index contributed by atoms with van der Waals surface area (Å²) in [5, 5.41) is 16.1. The van der Waals surface area contributed by atoms with Crippen LogP contribution in [-0.4, -0.2) is 23.8 Å². The third kappa shape index (κ3) is 4.37. The summed E-state index contributed by atoms with van der Waals surface area (Å²) >= 11 is 0. The Kier molecular flexibility index (Phi) is 6.91. The predicted molar refractivity (Wildman–Crippen MR) is 274 cm³/mol. The highest BCUT2D eigenvalue weighted by Gasteiger charge is 2.36. The quantitative estimate of drug-likeness (QED) is 0.101. The summed E-state index contributed by atoms with van der Waals surface area (Å²) in [4.78, 5) is 28.2. The maximum atomic E-state index is 13.5. The van der Waals surface area contributed by atoms with Crippen LogP contribution in [0, 0.1) is 0 Å². The van der Waals surface area contributed by atoms with Gasteiger partial charge in [0.25, 0.3) is 11.8 Å². The number of rotatable bonds is 4. The van der Waals surface area contributed by atoms with Gasteiger partial charge in [0.05, 0.1) is 0 Å². The summed E-state index contributed by atoms with van der Waals surface area (Å²) in [6.07, 6.45) is 0. The number of carbonyl (C=O) groups is 2. The third-order valence-corrected chi connectivity index (χ3v) is 15.0. The van der Waals surface area contributed by atoms with Crippen LogP contribution in [-0.2, 0) is 0 Å². The SMILES string of the molecule is CN1C(=O)c2ccc3c4ccc5c6ccc7c8c(ccc(c9ccc(c%10ccc(c2c3%10)C1=O)c4c59)c86)-c1c(-c2ccccc2)c(-c2ccccc2)c(-c2ccccc2)c(-c2ccccc2)c1-7. The summed E-state index contributed by atoms with van der Waals surface area (Å²) in [6, 6.07) is 70.7. The fourth-order valence-corrected chi connectivity index (χ4v) is 12.4. The molecule has 0 spiro atoms. The molecule has 1 aliphatic heterocycles. The van der Waals surface area contributed by atoms with Gasteiger partial charge in [-0.05, 0) is 149 Å². The number of hydrogen-bond acceptors (Lipinski definition) is 2. The van der Waals surface area contributed by atoms with Gasteiger partial charge < -0.3 is 0 Å². The van der Waals surface area contributed by atoms with Crippen LogP contribution in [0.15, 0.2) is 194 Å². The first-order valence-electron chi connectivity index (χ1n) is 22.7. The maximum Gasteiger partial charge on any atom is 0.261 e. The van der Waals surface area contributed by atoms with Gasteiger partial charge in [-0.3, -0.25) is 14.5 Å². The van der Waals surface area contributed by atoms with Gasteiger partial charge in [-0.25, -0.2) is 0 Å². The zero-order valence-electron chi connectivity index (χ0n) is 35.7. The van der Waals surface area contributed by atoms with Crippen molar-refractivity contribution in [2.75, 3.05) is 7.05 Å². The van der Waals surface area contributed by atoms with Crippen LogP contribution in [0.5, 0.6) is 0 Å². The molecule has 1 aliphatic carbocycles. The Labute approximate surface area is 379 Å². The van der Waals surface area contributed by atoms with Crippen molar-refractivity contribution in [1.82, 2.24) is 4.90 Å². The fourth-order valence-electron chi connectivity index (χ4n) is 12.4. The average Bonchev–Trinajstić information content (AvgIpc) is 3.72. The van der Waals surface area contributed by atoms with Crippen LogP contribution < -0.4 is 0 Å². The zero-order valence-corrected chi connectivity index (χ0v) is 35.7. The highest BCUT2D eigenvalue weighted by molar-refractivity contribution is 6.45. The van der Waals surface area contributed by atoms with Gasteiger partial charge in [0.1, 0.15) is 0 Å². The number of amides is 2. The lowest BCUT2D eigenvalue weighted by Gasteiger charge is -2.26. The Morgan fingerprint density at radius 1 is 0.242 bits per heavy atom. The second kappa shape index (κ2) is 12.7. The number of benzene rings is 13. The lowest BCUT2D eigenvalue weighted by atomic mass is 9.76. The van der Waals surface area contributed by atoms with Gasteiger partial charge in [-0.2, -0.15) is 0 Å². The normalized spacial score (nSPS) is 13.3. The highest BCUT2D eigenvalue weighted by Crippen LogP contribution is 2.62. The monoisotopic (exact) mass is 837 g/mol. The van der Waals surface area contributed by atoms with Crippen LogP contribution in [0.1, 0.15) is 20.7 Å². The van der Waals surface area contributed by atoms with Crippen molar-refractivity contribution in [2.24, 2.45) is 0 Å². The van der Waals surface area contributed by atoms with Crippen molar-refractivity contribution in [3.8, 4) is 66.8 Å². The van der Waals surface area contributed by atoms with E-state index in [1.54, 1.807) is 7.05 Å². The summed E-state index contributed by atoms with van der Waals surface area (Å²) in [7, 11) is 1.57. The minimum absolute atomic E-state index is 0.255. The van der Waals surface area contributed by atoms with Gasteiger partial charge in [0.15, 0.2) is 0 Å². The van der Waals surface area contributed by atoms with Crippen LogP contribution in [0.2, 0.25) is 0 Å². The minimum atomic E-state index is -0.255. The molecule has 0 fully saturated rings. The van der Waals surface area contributed by atoms with Gasteiger partial charge in [-0.15, -0.1) is 0 Å². The topological polar surface area (TPSA) is 37.4 Å². The number of carbonyl (C=O) groups excluding carboxylic acids is 2. The Bertz CT molecular complexity index is 4030. The molecule has 3 heteroatoms. The van der Waals surface area contributed by atoms with Gasteiger partial charge in [0, 0.05) is 23.6 Å². The van der Waals surface area contributed by atoms with E-state index in [1.807, 2.05) is 12.1 Å². The molecule has 0 saturated heterocycles. The average molecular weight is 838 g/mol. The first-order chi connectivity index (χ1) is 32.6. The summed E-state index contributed by atoms with van der Waals surface area (Å²) in [5.74, 6) is -0.510. The van der Waals surface area contributed by atoms with Crippen molar-refractivity contribution in [3.63, 3.8) is 0 Å². The molecule has 3 nitrogen and oxygen atoms in total. The van der Waals surface area contributed by atoms with Crippen LogP contribution in [0.25, 0.3) is 142 Å². The molecular formula is C63H35NO2. The summed E-state index contributed by atoms with van der Waals surface area (Å²) in [6.45, 7) is 0. The molecule has 0 bridgehead atoms. The smallest absolute Gasteiger partial charge is 0.261 e. The Morgan fingerprint density at radius 3 is 0.773 bits per heavy atom. The molecule has 13 aromatic carbocycles. The number of hydrogen-bond donors (Lipinski definition) is 0. The van der Waals surface area contributed by atoms with E-state index < -0.39 is 0 Å². The first kappa shape index (κ1) is 35.8. The third-order valence-electron chi connectivity index (χ3n) is 15.0. The van der Waals surface area contributed by atoms with E-state index in [1.165, 1.54) is 115 Å². The molecule has 15 rings (SSSR count). The largest absolute Gasteiger partial charge is 0.277 e. The molecule has 0 N–H and O–H groups in total. The van der Waals surface area contributed by atoms with E-state index in [0.29, 0.717) is 11.1 Å². The second-order valence-electron chi connectivity index (χ2n) is 18.1. The first-order valence-corrected chi connectivity index (χ1v) is 22.7. The zero-order chi connectivity index (χ0) is 43.5. The van der Waals surface area contributed by atoms with E-state index in [9.17, 15) is 9.59 Å². The van der Waals surface area contributed by atoms with Crippen LogP contribution in [0.4, 0.5) is 0 Å². The molecule has 1 heterocycles. The van der Waals surface area contributed by atoms with E-state index >= 15 is 0 Å². The Hall–Kier alpha value is -8.66. The Balaban J connectivity index is 1.11. The highest BCUT2D eigenvalue weighted by atomic mass is 16.2. The fraction of sp³-hybridized carbons (Fsp3) is 0.0159. The van der Waals surface area contributed by atoms with Crippen LogP contribution >= 0.6 is 0 Å². The molecule has 0 radical (unpaired) electrons. The molecule has 0 aromatic heterocycles. The van der Waals surface area contributed by atoms with Gasteiger partial charge in [-0.1, -0.05) is 182 Å². The van der Waals surface area contributed by atoms with E-state index in [-0.39, 0.29) is 11.8 Å². The molecular weight excluding hydrogens is 803 g/mol. The van der Waals surface area contributed by atoms with Gasteiger partial charge >= 0.3 is 0 Å². The van der Waals surface area contributed by atoms with Crippen LogP contribution in [0.3, 0.4) is 0 Å². The van der Waals surface area contributed by atoms with E-state index in [0.717, 1.165) is 32.3 Å². The van der Waals surface area contributed by atoms with E-state index in [4.69, 9.17) is 0 Å². The maximum absolute atomic E-state index is 13.5. The van der Waals surface area contributed by atoms with E-state index in [2.05, 4.69) is 182 Å². The van der Waals surface area contributed by atoms with Crippen molar-refractivity contribution >= 4 is 87.2 Å². The van der Waals surface area contributed by atoms with Crippen molar-refractivity contribution < 1.29 is 9.59 Å². The molecule has 0 saturated carbocycles. The van der Waals surface area contributed by atoms with Crippen molar-refractivity contribution in [2.45, 2.75) is 0 Å².